The third-order valence-corrected chi connectivity index (χ3v) is 3.59. The van der Waals surface area contributed by atoms with Crippen LogP contribution < -0.4 is 5.73 Å². The summed E-state index contributed by atoms with van der Waals surface area (Å²) in [6.07, 6.45) is 11.7. The number of rotatable bonds is 1. The quantitative estimate of drug-likeness (QED) is 0.530. The molecular formula is C19H11N7. The Labute approximate surface area is 149 Å². The van der Waals surface area contributed by atoms with E-state index in [1.54, 1.807) is 31.0 Å². The van der Waals surface area contributed by atoms with Crippen molar-refractivity contribution in [1.82, 2.24) is 29.5 Å². The average Bonchev–Trinajstić information content (AvgIpc) is 3.10. The number of nitrogens with two attached hydrogens (primary N) is 1. The van der Waals surface area contributed by atoms with Crippen molar-refractivity contribution in [3.63, 3.8) is 0 Å². The average molecular weight is 337 g/mol. The molecule has 0 aliphatic carbocycles. The maximum Gasteiger partial charge on any atom is 0.221 e. The molecule has 0 saturated heterocycles. The van der Waals surface area contributed by atoms with Gasteiger partial charge in [0.1, 0.15) is 12.1 Å². The van der Waals surface area contributed by atoms with Crippen molar-refractivity contribution < 1.29 is 0 Å². The summed E-state index contributed by atoms with van der Waals surface area (Å²) in [5.41, 5.74) is 8.76. The first-order chi connectivity index (χ1) is 12.7. The number of anilines is 1. The highest BCUT2D eigenvalue weighted by Gasteiger charge is 2.07. The topological polar surface area (TPSA) is 95.4 Å². The van der Waals surface area contributed by atoms with Gasteiger partial charge in [-0.2, -0.15) is 4.98 Å². The molecule has 2 N–H and O–H groups in total. The van der Waals surface area contributed by atoms with Crippen molar-refractivity contribution in [1.29, 1.82) is 0 Å². The fraction of sp³-hybridized carbons (Fsp3) is 0. The Bertz CT molecular complexity index is 1200. The molecule has 0 atom stereocenters. The van der Waals surface area contributed by atoms with Gasteiger partial charge in [-0.05, 0) is 30.2 Å². The lowest BCUT2D eigenvalue weighted by atomic mass is 10.2. The van der Waals surface area contributed by atoms with Crippen molar-refractivity contribution in [3.05, 3.63) is 66.1 Å². The number of hydrogen-bond donors (Lipinski definition) is 1. The standard InChI is InChI=1S/C19H11N7/c1-2-13-10-22-17(23-11-13)6-4-14-3-5-15-16(9-14)26(12-24-15)18-7-8-21-19(20)25-18/h1,3,5,7-12H,(H2,20,21,25). The number of hydrogen-bond acceptors (Lipinski definition) is 6. The predicted octanol–water partition coefficient (Wildman–Crippen LogP) is 1.57. The van der Waals surface area contributed by atoms with Gasteiger partial charge in [-0.25, -0.2) is 19.9 Å². The maximum atomic E-state index is 5.67. The van der Waals surface area contributed by atoms with Crippen LogP contribution in [0.3, 0.4) is 0 Å². The lowest BCUT2D eigenvalue weighted by Gasteiger charge is -2.03. The van der Waals surface area contributed by atoms with Gasteiger partial charge in [0.2, 0.25) is 11.8 Å². The Kier molecular flexibility index (Phi) is 3.74. The van der Waals surface area contributed by atoms with Crippen LogP contribution in [0, 0.1) is 24.2 Å². The van der Waals surface area contributed by atoms with Gasteiger partial charge in [0.05, 0.1) is 16.6 Å². The van der Waals surface area contributed by atoms with E-state index in [1.165, 1.54) is 0 Å². The van der Waals surface area contributed by atoms with Gasteiger partial charge in [-0.1, -0.05) is 11.8 Å². The zero-order valence-corrected chi connectivity index (χ0v) is 13.5. The van der Waals surface area contributed by atoms with Crippen LogP contribution in [0.2, 0.25) is 0 Å². The second-order valence-corrected chi connectivity index (χ2v) is 5.28. The zero-order valence-electron chi connectivity index (χ0n) is 13.5. The van der Waals surface area contributed by atoms with Crippen molar-refractivity contribution in [2.45, 2.75) is 0 Å². The molecule has 7 heteroatoms. The Hall–Kier alpha value is -4.23. The number of terminal acetylenes is 1. The van der Waals surface area contributed by atoms with Gasteiger partial charge < -0.3 is 5.73 Å². The molecule has 0 aliphatic heterocycles. The third kappa shape index (κ3) is 2.93. The first kappa shape index (κ1) is 15.3. The van der Waals surface area contributed by atoms with E-state index in [9.17, 15) is 0 Å². The first-order valence-electron chi connectivity index (χ1n) is 7.59. The fourth-order valence-electron chi connectivity index (χ4n) is 2.36. The van der Waals surface area contributed by atoms with E-state index in [-0.39, 0.29) is 5.95 Å². The third-order valence-electron chi connectivity index (χ3n) is 3.59. The lowest BCUT2D eigenvalue weighted by Crippen LogP contribution is -2.01. The molecule has 0 aliphatic rings. The van der Waals surface area contributed by atoms with Crippen molar-refractivity contribution in [2.75, 3.05) is 5.73 Å². The Morgan fingerprint density at radius 2 is 1.81 bits per heavy atom. The molecular weight excluding hydrogens is 326 g/mol. The van der Waals surface area contributed by atoms with Crippen LogP contribution in [0.15, 0.2) is 49.2 Å². The van der Waals surface area contributed by atoms with Gasteiger partial charge >= 0.3 is 0 Å². The van der Waals surface area contributed by atoms with Crippen molar-refractivity contribution >= 4 is 17.0 Å². The molecule has 0 radical (unpaired) electrons. The minimum Gasteiger partial charge on any atom is -0.368 e. The Morgan fingerprint density at radius 1 is 0.962 bits per heavy atom. The van der Waals surface area contributed by atoms with Gasteiger partial charge in [-0.15, -0.1) is 6.42 Å². The van der Waals surface area contributed by atoms with Crippen LogP contribution in [0.5, 0.6) is 0 Å². The number of nitrogen functional groups attached to an aromatic ring is 1. The summed E-state index contributed by atoms with van der Waals surface area (Å²) in [6.45, 7) is 0. The normalized spacial score (nSPS) is 10.1. The highest BCUT2D eigenvalue weighted by atomic mass is 15.1. The van der Waals surface area contributed by atoms with Gasteiger partial charge in [-0.3, -0.25) is 4.57 Å². The van der Waals surface area contributed by atoms with Crippen LogP contribution in [0.25, 0.3) is 16.9 Å². The summed E-state index contributed by atoms with van der Waals surface area (Å²) in [4.78, 5) is 20.7. The summed E-state index contributed by atoms with van der Waals surface area (Å²) in [5, 5.41) is 0. The van der Waals surface area contributed by atoms with E-state index in [1.807, 2.05) is 22.8 Å². The summed E-state index contributed by atoms with van der Waals surface area (Å²) < 4.78 is 1.83. The molecule has 122 valence electrons. The minimum absolute atomic E-state index is 0.202. The first-order valence-corrected chi connectivity index (χ1v) is 7.59. The monoisotopic (exact) mass is 337 g/mol. The molecule has 4 aromatic rings. The highest BCUT2D eigenvalue weighted by molar-refractivity contribution is 5.78. The molecule has 3 aromatic heterocycles. The maximum absolute atomic E-state index is 5.67. The fourth-order valence-corrected chi connectivity index (χ4v) is 2.36. The smallest absolute Gasteiger partial charge is 0.221 e. The molecule has 0 fully saturated rings. The van der Waals surface area contributed by atoms with Crippen LogP contribution in [-0.4, -0.2) is 29.5 Å². The molecule has 7 nitrogen and oxygen atoms in total. The molecule has 1 aromatic carbocycles. The molecule has 3 heterocycles. The van der Waals surface area contributed by atoms with Crippen LogP contribution in [0.1, 0.15) is 17.0 Å². The van der Waals surface area contributed by atoms with Gasteiger partial charge in [0.15, 0.2) is 0 Å². The predicted molar refractivity (Wildman–Crippen MR) is 97.0 cm³/mol. The van der Waals surface area contributed by atoms with Crippen molar-refractivity contribution in [2.24, 2.45) is 0 Å². The summed E-state index contributed by atoms with van der Waals surface area (Å²) in [6, 6.07) is 7.46. The largest absolute Gasteiger partial charge is 0.368 e. The second-order valence-electron chi connectivity index (χ2n) is 5.28. The number of benzene rings is 1. The zero-order chi connectivity index (χ0) is 17.9. The van der Waals surface area contributed by atoms with Crippen LogP contribution >= 0.6 is 0 Å². The Morgan fingerprint density at radius 3 is 2.58 bits per heavy atom. The second kappa shape index (κ2) is 6.34. The molecule has 0 saturated carbocycles. The molecule has 4 rings (SSSR count). The van der Waals surface area contributed by atoms with Crippen molar-refractivity contribution in [3.8, 4) is 30.0 Å². The summed E-state index contributed by atoms with van der Waals surface area (Å²) in [5.74, 6) is 9.68. The number of imidazole rings is 1. The van der Waals surface area contributed by atoms with E-state index < -0.39 is 0 Å². The molecule has 0 bridgehead atoms. The molecule has 0 amide bonds. The van der Waals surface area contributed by atoms with E-state index >= 15 is 0 Å². The summed E-state index contributed by atoms with van der Waals surface area (Å²) in [7, 11) is 0. The number of fused-ring (bicyclic) bond motifs is 1. The van der Waals surface area contributed by atoms with E-state index in [0.29, 0.717) is 17.2 Å². The highest BCUT2D eigenvalue weighted by Crippen LogP contribution is 2.18. The van der Waals surface area contributed by atoms with Crippen LogP contribution in [0.4, 0.5) is 5.95 Å². The van der Waals surface area contributed by atoms with Gasteiger partial charge in [0, 0.05) is 24.2 Å². The van der Waals surface area contributed by atoms with Gasteiger partial charge in [0.25, 0.3) is 0 Å². The number of nitrogens with zero attached hydrogens (tertiary/aromatic N) is 6. The molecule has 0 spiro atoms. The lowest BCUT2D eigenvalue weighted by molar-refractivity contribution is 1.00. The van der Waals surface area contributed by atoms with E-state index in [0.717, 1.165) is 16.6 Å². The van der Waals surface area contributed by atoms with E-state index in [2.05, 4.69) is 42.7 Å². The Balaban J connectivity index is 1.73. The number of aromatic nitrogens is 6. The van der Waals surface area contributed by atoms with Crippen LogP contribution in [-0.2, 0) is 0 Å². The van der Waals surface area contributed by atoms with E-state index in [4.69, 9.17) is 12.2 Å². The minimum atomic E-state index is 0.202. The SMILES string of the molecule is C#Cc1cnc(C#Cc2ccc3ncn(-c4ccnc(N)n4)c3c2)nc1. The summed E-state index contributed by atoms with van der Waals surface area (Å²) >= 11 is 0. The molecule has 26 heavy (non-hydrogen) atoms. The molecule has 0 unspecified atom stereocenters.